The predicted octanol–water partition coefficient (Wildman–Crippen LogP) is 5.66. The molecule has 0 aliphatic heterocycles. The molecular formula is C31H25N3O. The van der Waals surface area contributed by atoms with Gasteiger partial charge in [-0.3, -0.25) is 4.79 Å². The van der Waals surface area contributed by atoms with Crippen molar-refractivity contribution in [2.24, 2.45) is 22.9 Å². The van der Waals surface area contributed by atoms with Crippen LogP contribution in [0.3, 0.4) is 0 Å². The Bertz CT molecular complexity index is 1430. The molecule has 4 aromatic rings. The van der Waals surface area contributed by atoms with Crippen molar-refractivity contribution in [3.63, 3.8) is 0 Å². The third-order valence-electron chi connectivity index (χ3n) is 8.56. The number of pyridine rings is 1. The van der Waals surface area contributed by atoms with Gasteiger partial charge in [0, 0.05) is 28.3 Å². The molecule has 170 valence electrons. The third-order valence-corrected chi connectivity index (χ3v) is 8.56. The number of carbonyl (C=O) groups is 1. The summed E-state index contributed by atoms with van der Waals surface area (Å²) in [6.07, 6.45) is 7.97. The lowest BCUT2D eigenvalue weighted by Crippen LogP contribution is -2.26. The average molecular weight is 456 g/mol. The molecule has 0 spiro atoms. The van der Waals surface area contributed by atoms with Gasteiger partial charge in [-0.1, -0.05) is 97.1 Å². The van der Waals surface area contributed by atoms with Crippen LogP contribution in [0.5, 0.6) is 0 Å². The van der Waals surface area contributed by atoms with Crippen LogP contribution < -0.4 is 5.43 Å². The largest absolute Gasteiger partial charge is 0.289 e. The quantitative estimate of drug-likeness (QED) is 0.240. The van der Waals surface area contributed by atoms with Crippen molar-refractivity contribution < 1.29 is 4.79 Å². The van der Waals surface area contributed by atoms with Crippen LogP contribution in [0.2, 0.25) is 0 Å². The van der Waals surface area contributed by atoms with Gasteiger partial charge in [0.05, 0.1) is 5.52 Å². The number of nitrogens with one attached hydrogen (secondary N) is 1. The van der Waals surface area contributed by atoms with Gasteiger partial charge in [0.15, 0.2) is 0 Å². The van der Waals surface area contributed by atoms with Gasteiger partial charge in [0.1, 0.15) is 5.69 Å². The zero-order valence-corrected chi connectivity index (χ0v) is 19.2. The summed E-state index contributed by atoms with van der Waals surface area (Å²) < 4.78 is 0. The number of carbonyl (C=O) groups excluding carboxylic acids is 1. The fourth-order valence-corrected chi connectivity index (χ4v) is 7.35. The Morgan fingerprint density at radius 1 is 0.800 bits per heavy atom. The number of hydrazone groups is 1. The van der Waals surface area contributed by atoms with Crippen LogP contribution in [0.1, 0.15) is 28.0 Å². The lowest BCUT2D eigenvalue weighted by molar-refractivity contribution is 0.0950. The van der Waals surface area contributed by atoms with E-state index in [1.54, 1.807) is 6.07 Å². The predicted molar refractivity (Wildman–Crippen MR) is 138 cm³/mol. The standard InChI is InChI=1S/C31H25N3O/c35-29(27-18-15-21-9-7-8-14-26(21)33-27)34-32-20-28-30(22-10-3-1-4-11-22)24-16-17-25(19-24)31(28,30)23-12-5-2-6-13-23/h1-18,20,24-25,28H,19H2,(H,34,35)/b32-20+/t24-,25+,28?,30-,31-/m1/s1. The Kier molecular flexibility index (Phi) is 4.34. The van der Waals surface area contributed by atoms with Crippen LogP contribution in [0.15, 0.2) is 114 Å². The number of rotatable bonds is 5. The molecule has 5 atom stereocenters. The summed E-state index contributed by atoms with van der Waals surface area (Å²) in [5.74, 6) is 0.832. The number of fused-ring (bicyclic) bond motifs is 6. The molecule has 1 aromatic heterocycles. The number of aromatic nitrogens is 1. The molecule has 0 radical (unpaired) electrons. The Balaban J connectivity index is 1.24. The molecule has 3 aliphatic rings. The molecule has 1 N–H and O–H groups in total. The van der Waals surface area contributed by atoms with E-state index >= 15 is 0 Å². The number of hydrogen-bond acceptors (Lipinski definition) is 3. The highest BCUT2D eigenvalue weighted by Gasteiger charge is 2.85. The Morgan fingerprint density at radius 2 is 1.40 bits per heavy atom. The summed E-state index contributed by atoms with van der Waals surface area (Å²) in [5, 5.41) is 5.53. The van der Waals surface area contributed by atoms with Gasteiger partial charge in [-0.05, 0) is 41.5 Å². The van der Waals surface area contributed by atoms with Crippen molar-refractivity contribution in [2.45, 2.75) is 17.3 Å². The van der Waals surface area contributed by atoms with Gasteiger partial charge in [0.25, 0.3) is 5.91 Å². The highest BCUT2D eigenvalue weighted by atomic mass is 16.2. The van der Waals surface area contributed by atoms with Crippen LogP contribution >= 0.6 is 0 Å². The normalized spacial score (nSPS) is 30.0. The summed E-state index contributed by atoms with van der Waals surface area (Å²) in [6.45, 7) is 0. The van der Waals surface area contributed by atoms with Gasteiger partial charge >= 0.3 is 0 Å². The zero-order chi connectivity index (χ0) is 23.5. The summed E-state index contributed by atoms with van der Waals surface area (Å²) >= 11 is 0. The second-order valence-electron chi connectivity index (χ2n) is 9.89. The lowest BCUT2D eigenvalue weighted by Gasteiger charge is -2.27. The molecule has 3 aliphatic carbocycles. The SMILES string of the molecule is O=C(N/N=C/C1[C@@]2(c3ccccc3)[C@@H]3C=C[C@@H](C3)[C@]12c1ccccc1)c1ccc2ccccc2n1. The van der Waals surface area contributed by atoms with Crippen molar-refractivity contribution in [3.05, 3.63) is 126 Å². The number of hydrogen-bond donors (Lipinski definition) is 1. The number of para-hydroxylation sites is 1. The van der Waals surface area contributed by atoms with E-state index in [2.05, 4.69) is 88.3 Å². The number of nitrogens with zero attached hydrogens (tertiary/aromatic N) is 2. The fourth-order valence-electron chi connectivity index (χ4n) is 7.35. The number of amides is 1. The van der Waals surface area contributed by atoms with E-state index in [0.29, 0.717) is 17.5 Å². The maximum absolute atomic E-state index is 12.9. The van der Waals surface area contributed by atoms with E-state index in [1.807, 2.05) is 36.5 Å². The topological polar surface area (TPSA) is 54.4 Å². The van der Waals surface area contributed by atoms with Gasteiger partial charge in [-0.2, -0.15) is 5.10 Å². The van der Waals surface area contributed by atoms with Gasteiger partial charge in [-0.15, -0.1) is 0 Å². The van der Waals surface area contributed by atoms with Crippen LogP contribution in [0.4, 0.5) is 0 Å². The molecule has 1 unspecified atom stereocenters. The van der Waals surface area contributed by atoms with Crippen molar-refractivity contribution >= 4 is 23.0 Å². The van der Waals surface area contributed by atoms with E-state index in [0.717, 1.165) is 10.9 Å². The van der Waals surface area contributed by atoms with Crippen LogP contribution in [-0.4, -0.2) is 17.1 Å². The molecule has 3 aromatic carbocycles. The summed E-state index contributed by atoms with van der Waals surface area (Å²) in [4.78, 5) is 17.4. The Hall–Kier alpha value is -4.05. The van der Waals surface area contributed by atoms with Gasteiger partial charge in [-0.25, -0.2) is 10.4 Å². The molecule has 2 fully saturated rings. The van der Waals surface area contributed by atoms with Crippen LogP contribution in [0.25, 0.3) is 10.9 Å². The first-order valence-corrected chi connectivity index (χ1v) is 12.2. The Morgan fingerprint density at radius 3 is 2.06 bits per heavy atom. The summed E-state index contributed by atoms with van der Waals surface area (Å²) in [7, 11) is 0. The molecular weight excluding hydrogens is 430 g/mol. The average Bonchev–Trinajstić information content (AvgIpc) is 3.15. The van der Waals surface area contributed by atoms with Crippen molar-refractivity contribution in [1.29, 1.82) is 0 Å². The molecule has 2 bridgehead atoms. The maximum atomic E-state index is 12.9. The van der Waals surface area contributed by atoms with Gasteiger partial charge in [0.2, 0.25) is 0 Å². The van der Waals surface area contributed by atoms with Crippen molar-refractivity contribution in [2.75, 3.05) is 0 Å². The summed E-state index contributed by atoms with van der Waals surface area (Å²) in [5.41, 5.74) is 6.58. The van der Waals surface area contributed by atoms with Crippen molar-refractivity contribution in [3.8, 4) is 0 Å². The van der Waals surface area contributed by atoms with E-state index < -0.39 is 0 Å². The molecule has 4 nitrogen and oxygen atoms in total. The first-order valence-electron chi connectivity index (χ1n) is 12.2. The lowest BCUT2D eigenvalue weighted by atomic mass is 9.75. The fraction of sp³-hybridized carbons (Fsp3) is 0.194. The monoisotopic (exact) mass is 455 g/mol. The second-order valence-corrected chi connectivity index (χ2v) is 9.89. The number of allylic oxidation sites excluding steroid dienone is 2. The number of benzene rings is 3. The maximum Gasteiger partial charge on any atom is 0.289 e. The molecule has 4 heteroatoms. The minimum Gasteiger partial charge on any atom is -0.266 e. The van der Waals surface area contributed by atoms with E-state index in [4.69, 9.17) is 0 Å². The van der Waals surface area contributed by atoms with Gasteiger partial charge < -0.3 is 0 Å². The highest BCUT2D eigenvalue weighted by Crippen LogP contribution is 2.83. The minimum atomic E-state index is -0.290. The van der Waals surface area contributed by atoms with E-state index in [1.165, 1.54) is 17.5 Å². The van der Waals surface area contributed by atoms with E-state index in [-0.39, 0.29) is 22.7 Å². The van der Waals surface area contributed by atoms with E-state index in [9.17, 15) is 4.79 Å². The first kappa shape index (κ1) is 20.3. The van der Waals surface area contributed by atoms with Crippen molar-refractivity contribution in [1.82, 2.24) is 10.4 Å². The van der Waals surface area contributed by atoms with Crippen LogP contribution in [-0.2, 0) is 10.8 Å². The zero-order valence-electron chi connectivity index (χ0n) is 19.2. The third kappa shape index (κ3) is 2.65. The first-order chi connectivity index (χ1) is 17.3. The molecule has 0 saturated heterocycles. The second kappa shape index (κ2) is 7.47. The summed E-state index contributed by atoms with van der Waals surface area (Å²) in [6, 6.07) is 33.2. The molecule has 7 rings (SSSR count). The molecule has 1 amide bonds. The molecule has 35 heavy (non-hydrogen) atoms. The Labute approximate surface area is 204 Å². The molecule has 2 saturated carbocycles. The minimum absolute atomic E-state index is 0.0372. The highest BCUT2D eigenvalue weighted by molar-refractivity contribution is 5.95. The molecule has 1 heterocycles. The van der Waals surface area contributed by atoms with Crippen LogP contribution in [0, 0.1) is 17.8 Å². The smallest absolute Gasteiger partial charge is 0.266 e.